The number of carbonyl (C=O) groups is 1. The number of nitrogens with one attached hydrogen (secondary N) is 1. The highest BCUT2D eigenvalue weighted by Crippen LogP contribution is 2.24. The van der Waals surface area contributed by atoms with Crippen LogP contribution < -0.4 is 5.32 Å². The van der Waals surface area contributed by atoms with Gasteiger partial charge in [0.05, 0.1) is 10.7 Å². The second-order valence-electron chi connectivity index (χ2n) is 6.19. The molecular formula is C19H16Cl2N4O. The first-order valence-corrected chi connectivity index (χ1v) is 9.15. The Balaban J connectivity index is 1.52. The Labute approximate surface area is 161 Å². The molecule has 0 radical (unpaired) electrons. The van der Waals surface area contributed by atoms with Gasteiger partial charge in [-0.2, -0.15) is 0 Å². The zero-order chi connectivity index (χ0) is 18.1. The van der Waals surface area contributed by atoms with E-state index in [0.29, 0.717) is 5.69 Å². The first kappa shape index (κ1) is 17.1. The van der Waals surface area contributed by atoms with Gasteiger partial charge in [-0.25, -0.2) is 9.97 Å². The Morgan fingerprint density at radius 3 is 2.62 bits per heavy atom. The minimum absolute atomic E-state index is 0.102. The SMILES string of the molecule is O=C(Nc1ccc(-c2cn3c(n2)CCCC3)cc1)c1nc(Cl)ccc1Cl. The summed E-state index contributed by atoms with van der Waals surface area (Å²) in [4.78, 5) is 21.0. The van der Waals surface area contributed by atoms with Crippen molar-refractivity contribution in [2.24, 2.45) is 0 Å². The molecule has 1 aliphatic rings. The second kappa shape index (κ2) is 7.09. The maximum Gasteiger partial charge on any atom is 0.275 e. The molecule has 0 saturated heterocycles. The van der Waals surface area contributed by atoms with Crippen molar-refractivity contribution in [1.82, 2.24) is 14.5 Å². The van der Waals surface area contributed by atoms with Crippen molar-refractivity contribution in [2.75, 3.05) is 5.32 Å². The largest absolute Gasteiger partial charge is 0.334 e. The van der Waals surface area contributed by atoms with Crippen LogP contribution in [0, 0.1) is 0 Å². The van der Waals surface area contributed by atoms with Crippen LogP contribution in [0.3, 0.4) is 0 Å². The predicted molar refractivity (Wildman–Crippen MR) is 103 cm³/mol. The lowest BCUT2D eigenvalue weighted by Gasteiger charge is -2.11. The molecule has 1 amide bonds. The Morgan fingerprint density at radius 1 is 1.04 bits per heavy atom. The summed E-state index contributed by atoms with van der Waals surface area (Å²) in [6, 6.07) is 10.7. The summed E-state index contributed by atoms with van der Waals surface area (Å²) in [5.41, 5.74) is 2.73. The predicted octanol–water partition coefficient (Wildman–Crippen LogP) is 4.84. The monoisotopic (exact) mass is 386 g/mol. The highest BCUT2D eigenvalue weighted by atomic mass is 35.5. The Morgan fingerprint density at radius 2 is 1.85 bits per heavy atom. The molecule has 7 heteroatoms. The lowest BCUT2D eigenvalue weighted by atomic mass is 10.1. The summed E-state index contributed by atoms with van der Waals surface area (Å²) in [5.74, 6) is 0.744. The molecule has 0 bridgehead atoms. The number of rotatable bonds is 3. The zero-order valence-electron chi connectivity index (χ0n) is 13.9. The number of pyridine rings is 1. The number of hydrogen-bond acceptors (Lipinski definition) is 3. The van der Waals surface area contributed by atoms with E-state index in [-0.39, 0.29) is 15.9 Å². The van der Waals surface area contributed by atoms with Gasteiger partial charge in [-0.15, -0.1) is 0 Å². The van der Waals surface area contributed by atoms with E-state index in [0.717, 1.165) is 30.0 Å². The minimum Gasteiger partial charge on any atom is -0.334 e. The molecule has 0 fully saturated rings. The molecular weight excluding hydrogens is 371 g/mol. The van der Waals surface area contributed by atoms with Crippen LogP contribution in [0.5, 0.6) is 0 Å². The number of nitrogens with zero attached hydrogens (tertiary/aromatic N) is 3. The lowest BCUT2D eigenvalue weighted by Crippen LogP contribution is -2.14. The number of fused-ring (bicyclic) bond motifs is 1. The number of anilines is 1. The summed E-state index contributed by atoms with van der Waals surface area (Å²) < 4.78 is 2.22. The highest BCUT2D eigenvalue weighted by molar-refractivity contribution is 6.35. The molecule has 4 rings (SSSR count). The number of amides is 1. The molecule has 0 atom stereocenters. The van der Waals surface area contributed by atoms with E-state index in [9.17, 15) is 4.79 Å². The van der Waals surface area contributed by atoms with Gasteiger partial charge in [0.25, 0.3) is 5.91 Å². The molecule has 0 aliphatic carbocycles. The minimum atomic E-state index is -0.400. The van der Waals surface area contributed by atoms with Gasteiger partial charge in [0.1, 0.15) is 16.7 Å². The molecule has 0 spiro atoms. The van der Waals surface area contributed by atoms with Crippen LogP contribution in [0.2, 0.25) is 10.2 Å². The molecule has 3 heterocycles. The third-order valence-corrected chi connectivity index (χ3v) is 4.89. The first-order chi connectivity index (χ1) is 12.6. The topological polar surface area (TPSA) is 59.8 Å². The number of hydrogen-bond donors (Lipinski definition) is 1. The van der Waals surface area contributed by atoms with Gasteiger partial charge >= 0.3 is 0 Å². The van der Waals surface area contributed by atoms with E-state index >= 15 is 0 Å². The standard InChI is InChI=1S/C19H16Cl2N4O/c20-14-8-9-16(21)24-18(14)19(26)22-13-6-4-12(5-7-13)15-11-25-10-2-1-3-17(25)23-15/h4-9,11H,1-3,10H2,(H,22,26). The third-order valence-electron chi connectivity index (χ3n) is 4.37. The van der Waals surface area contributed by atoms with Gasteiger partial charge in [0.15, 0.2) is 0 Å². The number of halogens is 2. The smallest absolute Gasteiger partial charge is 0.275 e. The number of imidazole rings is 1. The number of benzene rings is 1. The number of aryl methyl sites for hydroxylation is 2. The Kier molecular flexibility index (Phi) is 4.66. The van der Waals surface area contributed by atoms with E-state index < -0.39 is 5.91 Å². The van der Waals surface area contributed by atoms with Gasteiger partial charge < -0.3 is 9.88 Å². The first-order valence-electron chi connectivity index (χ1n) is 8.40. The van der Waals surface area contributed by atoms with Crippen molar-refractivity contribution < 1.29 is 4.79 Å². The van der Waals surface area contributed by atoms with Gasteiger partial charge in [0, 0.05) is 30.4 Å². The van der Waals surface area contributed by atoms with Crippen LogP contribution in [0.1, 0.15) is 29.2 Å². The van der Waals surface area contributed by atoms with Gasteiger partial charge in [-0.3, -0.25) is 4.79 Å². The summed E-state index contributed by atoms with van der Waals surface area (Å²) >= 11 is 11.9. The summed E-state index contributed by atoms with van der Waals surface area (Å²) in [7, 11) is 0. The van der Waals surface area contributed by atoms with Crippen LogP contribution in [-0.2, 0) is 13.0 Å². The van der Waals surface area contributed by atoms with Crippen molar-refractivity contribution in [1.29, 1.82) is 0 Å². The maximum absolute atomic E-state index is 12.3. The van der Waals surface area contributed by atoms with Crippen LogP contribution in [0.25, 0.3) is 11.3 Å². The van der Waals surface area contributed by atoms with Gasteiger partial charge in [-0.1, -0.05) is 35.3 Å². The zero-order valence-corrected chi connectivity index (χ0v) is 15.4. The van der Waals surface area contributed by atoms with E-state index in [1.54, 1.807) is 12.1 Å². The highest BCUT2D eigenvalue weighted by Gasteiger charge is 2.15. The summed E-state index contributed by atoms with van der Waals surface area (Å²) in [5, 5.41) is 3.26. The molecule has 3 aromatic rings. The lowest BCUT2D eigenvalue weighted by molar-refractivity contribution is 0.102. The Hall–Kier alpha value is -2.37. The molecule has 26 heavy (non-hydrogen) atoms. The molecule has 1 aromatic carbocycles. The van der Waals surface area contributed by atoms with E-state index in [2.05, 4.69) is 21.1 Å². The number of aromatic nitrogens is 3. The van der Waals surface area contributed by atoms with Crippen molar-refractivity contribution in [3.05, 3.63) is 64.3 Å². The van der Waals surface area contributed by atoms with Crippen LogP contribution in [0.4, 0.5) is 5.69 Å². The quantitative estimate of drug-likeness (QED) is 0.655. The van der Waals surface area contributed by atoms with Crippen molar-refractivity contribution in [3.8, 4) is 11.3 Å². The van der Waals surface area contributed by atoms with E-state index in [1.165, 1.54) is 12.8 Å². The van der Waals surface area contributed by atoms with Gasteiger partial charge in [-0.05, 0) is 37.1 Å². The van der Waals surface area contributed by atoms with Crippen LogP contribution in [0.15, 0.2) is 42.6 Å². The fourth-order valence-electron chi connectivity index (χ4n) is 3.04. The molecule has 1 N–H and O–H groups in total. The van der Waals surface area contributed by atoms with Crippen LogP contribution in [-0.4, -0.2) is 20.4 Å². The molecule has 132 valence electrons. The fourth-order valence-corrected chi connectivity index (χ4v) is 3.38. The average Bonchev–Trinajstić information content (AvgIpc) is 3.08. The van der Waals surface area contributed by atoms with Crippen molar-refractivity contribution in [3.63, 3.8) is 0 Å². The third kappa shape index (κ3) is 3.45. The molecule has 0 saturated carbocycles. The Bertz CT molecular complexity index is 943. The summed E-state index contributed by atoms with van der Waals surface area (Å²) in [6.45, 7) is 1.03. The number of carbonyl (C=O) groups excluding carboxylic acids is 1. The summed E-state index contributed by atoms with van der Waals surface area (Å²) in [6.07, 6.45) is 5.52. The maximum atomic E-state index is 12.3. The van der Waals surface area contributed by atoms with Crippen molar-refractivity contribution >= 4 is 34.8 Å². The van der Waals surface area contributed by atoms with E-state index in [4.69, 9.17) is 28.2 Å². The molecule has 0 unspecified atom stereocenters. The fraction of sp³-hybridized carbons (Fsp3) is 0.211. The second-order valence-corrected chi connectivity index (χ2v) is 6.98. The molecule has 5 nitrogen and oxygen atoms in total. The molecule has 1 aliphatic heterocycles. The van der Waals surface area contributed by atoms with Gasteiger partial charge in [0.2, 0.25) is 0 Å². The van der Waals surface area contributed by atoms with E-state index in [1.807, 2.05) is 24.3 Å². The van der Waals surface area contributed by atoms with Crippen molar-refractivity contribution in [2.45, 2.75) is 25.8 Å². The van der Waals surface area contributed by atoms with Crippen LogP contribution >= 0.6 is 23.2 Å². The molecule has 2 aromatic heterocycles. The average molecular weight is 387 g/mol. The normalized spacial score (nSPS) is 13.3.